The molecule has 0 atom stereocenters. The standard InChI is InChI=1S/C25H27N3O/c1-17(2)29-21-10-6-18(7-11-21)22-15-27-24-13-9-20(16-28(22)24)19-8-12-23(26-14-19)25(3,4)5/h6-17H,1-5H3. The van der Waals surface area contributed by atoms with Crippen LogP contribution in [0.3, 0.4) is 0 Å². The molecule has 0 spiro atoms. The molecule has 4 aromatic rings. The van der Waals surface area contributed by atoms with Gasteiger partial charge in [-0.05, 0) is 56.3 Å². The summed E-state index contributed by atoms with van der Waals surface area (Å²) in [6, 6.07) is 16.6. The number of aromatic nitrogens is 3. The first-order valence-electron chi connectivity index (χ1n) is 10.0. The number of pyridine rings is 2. The molecule has 0 saturated carbocycles. The quantitative estimate of drug-likeness (QED) is 0.423. The third-order valence-electron chi connectivity index (χ3n) is 4.89. The predicted octanol–water partition coefficient (Wildman–Crippen LogP) is 6.15. The molecule has 0 aliphatic rings. The van der Waals surface area contributed by atoms with Gasteiger partial charge in [-0.15, -0.1) is 0 Å². The highest BCUT2D eigenvalue weighted by atomic mass is 16.5. The first kappa shape index (κ1) is 19.2. The lowest BCUT2D eigenvalue weighted by Crippen LogP contribution is -2.12. The fraction of sp³-hybridized carbons (Fsp3) is 0.280. The maximum absolute atomic E-state index is 5.76. The zero-order valence-electron chi connectivity index (χ0n) is 17.7. The molecule has 0 N–H and O–H groups in total. The van der Waals surface area contributed by atoms with Crippen LogP contribution >= 0.6 is 0 Å². The highest BCUT2D eigenvalue weighted by Gasteiger charge is 2.15. The molecule has 148 valence electrons. The Morgan fingerprint density at radius 2 is 1.48 bits per heavy atom. The van der Waals surface area contributed by atoms with Crippen molar-refractivity contribution in [3.63, 3.8) is 0 Å². The highest BCUT2D eigenvalue weighted by Crippen LogP contribution is 2.28. The van der Waals surface area contributed by atoms with Crippen molar-refractivity contribution in [2.45, 2.75) is 46.1 Å². The van der Waals surface area contributed by atoms with Gasteiger partial charge in [0.1, 0.15) is 11.4 Å². The SMILES string of the molecule is CC(C)Oc1ccc(-c2cnc3ccc(-c4ccc(C(C)(C)C)nc4)cn23)cc1. The van der Waals surface area contributed by atoms with Crippen molar-refractivity contribution in [1.29, 1.82) is 0 Å². The lowest BCUT2D eigenvalue weighted by molar-refractivity contribution is 0.242. The van der Waals surface area contributed by atoms with Gasteiger partial charge in [0.05, 0.1) is 18.0 Å². The molecule has 1 aromatic carbocycles. The van der Waals surface area contributed by atoms with E-state index in [2.05, 4.69) is 71.7 Å². The van der Waals surface area contributed by atoms with Crippen molar-refractivity contribution < 1.29 is 4.74 Å². The third kappa shape index (κ3) is 4.02. The smallest absolute Gasteiger partial charge is 0.137 e. The molecule has 0 saturated heterocycles. The second kappa shape index (κ2) is 7.36. The molecule has 4 nitrogen and oxygen atoms in total. The lowest BCUT2D eigenvalue weighted by Gasteiger charge is -2.17. The highest BCUT2D eigenvalue weighted by molar-refractivity contribution is 5.69. The molecule has 3 heterocycles. The van der Waals surface area contributed by atoms with Crippen molar-refractivity contribution in [2.75, 3.05) is 0 Å². The van der Waals surface area contributed by atoms with Crippen LogP contribution in [0.25, 0.3) is 28.0 Å². The fourth-order valence-corrected chi connectivity index (χ4v) is 3.35. The van der Waals surface area contributed by atoms with Crippen molar-refractivity contribution in [3.05, 3.63) is 72.8 Å². The first-order chi connectivity index (χ1) is 13.8. The topological polar surface area (TPSA) is 39.4 Å². The molecule has 0 aliphatic carbocycles. The summed E-state index contributed by atoms with van der Waals surface area (Å²) in [5, 5.41) is 0. The normalized spacial score (nSPS) is 11.9. The summed E-state index contributed by atoms with van der Waals surface area (Å²) in [6.07, 6.45) is 6.16. The van der Waals surface area contributed by atoms with Gasteiger partial charge in [0.25, 0.3) is 0 Å². The zero-order chi connectivity index (χ0) is 20.6. The van der Waals surface area contributed by atoms with Gasteiger partial charge in [0, 0.05) is 40.2 Å². The van der Waals surface area contributed by atoms with Crippen LogP contribution in [0.4, 0.5) is 0 Å². The van der Waals surface area contributed by atoms with E-state index in [1.807, 2.05) is 44.4 Å². The maximum atomic E-state index is 5.76. The van der Waals surface area contributed by atoms with Gasteiger partial charge in [-0.25, -0.2) is 4.98 Å². The number of rotatable bonds is 4. The molecule has 4 rings (SSSR count). The molecule has 29 heavy (non-hydrogen) atoms. The van der Waals surface area contributed by atoms with Crippen LogP contribution in [0.1, 0.15) is 40.3 Å². The van der Waals surface area contributed by atoms with E-state index in [9.17, 15) is 0 Å². The van der Waals surface area contributed by atoms with Crippen LogP contribution in [0, 0.1) is 0 Å². The molecule has 3 aromatic heterocycles. The van der Waals surface area contributed by atoms with Crippen LogP contribution < -0.4 is 4.74 Å². The summed E-state index contributed by atoms with van der Waals surface area (Å²) in [5.41, 5.74) is 6.43. The summed E-state index contributed by atoms with van der Waals surface area (Å²) in [5.74, 6) is 0.878. The Hall–Kier alpha value is -3.14. The first-order valence-corrected chi connectivity index (χ1v) is 10.0. The average molecular weight is 386 g/mol. The number of imidazole rings is 1. The van der Waals surface area contributed by atoms with E-state index >= 15 is 0 Å². The summed E-state index contributed by atoms with van der Waals surface area (Å²) in [7, 11) is 0. The second-order valence-corrected chi connectivity index (χ2v) is 8.66. The Morgan fingerprint density at radius 1 is 0.793 bits per heavy atom. The Kier molecular flexibility index (Phi) is 4.87. The van der Waals surface area contributed by atoms with E-state index in [-0.39, 0.29) is 11.5 Å². The lowest BCUT2D eigenvalue weighted by atomic mass is 9.91. The number of ether oxygens (including phenoxy) is 1. The van der Waals surface area contributed by atoms with E-state index in [1.54, 1.807) is 0 Å². The Morgan fingerprint density at radius 3 is 2.10 bits per heavy atom. The summed E-state index contributed by atoms with van der Waals surface area (Å²) >= 11 is 0. The average Bonchev–Trinajstić information content (AvgIpc) is 3.11. The van der Waals surface area contributed by atoms with Gasteiger partial charge in [0.2, 0.25) is 0 Å². The minimum Gasteiger partial charge on any atom is -0.491 e. The van der Waals surface area contributed by atoms with Gasteiger partial charge in [-0.2, -0.15) is 0 Å². The number of hydrogen-bond acceptors (Lipinski definition) is 3. The molecular weight excluding hydrogens is 358 g/mol. The number of hydrogen-bond donors (Lipinski definition) is 0. The third-order valence-corrected chi connectivity index (χ3v) is 4.89. The molecule has 0 amide bonds. The van der Waals surface area contributed by atoms with E-state index in [4.69, 9.17) is 4.74 Å². The Bertz CT molecular complexity index is 1120. The number of benzene rings is 1. The van der Waals surface area contributed by atoms with E-state index in [1.165, 1.54) is 0 Å². The van der Waals surface area contributed by atoms with E-state index in [0.717, 1.165) is 39.5 Å². The molecule has 0 fully saturated rings. The predicted molar refractivity (Wildman–Crippen MR) is 118 cm³/mol. The van der Waals surface area contributed by atoms with Gasteiger partial charge < -0.3 is 4.74 Å². The van der Waals surface area contributed by atoms with E-state index in [0.29, 0.717) is 0 Å². The van der Waals surface area contributed by atoms with Crippen LogP contribution in [0.15, 0.2) is 67.1 Å². The minimum atomic E-state index is 0.0471. The molecule has 0 radical (unpaired) electrons. The molecule has 4 heteroatoms. The number of nitrogens with zero attached hydrogens (tertiary/aromatic N) is 3. The van der Waals surface area contributed by atoms with Crippen molar-refractivity contribution in [3.8, 4) is 28.1 Å². The van der Waals surface area contributed by atoms with Crippen LogP contribution in [-0.2, 0) is 5.41 Å². The molecule has 0 unspecified atom stereocenters. The van der Waals surface area contributed by atoms with E-state index < -0.39 is 0 Å². The fourth-order valence-electron chi connectivity index (χ4n) is 3.35. The van der Waals surface area contributed by atoms with Crippen molar-refractivity contribution in [1.82, 2.24) is 14.4 Å². The van der Waals surface area contributed by atoms with Crippen LogP contribution in [0.5, 0.6) is 5.75 Å². The van der Waals surface area contributed by atoms with Crippen molar-refractivity contribution >= 4 is 5.65 Å². The largest absolute Gasteiger partial charge is 0.491 e. The summed E-state index contributed by atoms with van der Waals surface area (Å²) < 4.78 is 7.89. The molecule has 0 aliphatic heterocycles. The van der Waals surface area contributed by atoms with Gasteiger partial charge in [-0.3, -0.25) is 9.38 Å². The summed E-state index contributed by atoms with van der Waals surface area (Å²) in [4.78, 5) is 9.23. The Balaban J connectivity index is 1.69. The minimum absolute atomic E-state index is 0.0471. The van der Waals surface area contributed by atoms with Gasteiger partial charge in [0.15, 0.2) is 0 Å². The van der Waals surface area contributed by atoms with Crippen LogP contribution in [-0.4, -0.2) is 20.5 Å². The maximum Gasteiger partial charge on any atom is 0.137 e. The molecular formula is C25H27N3O. The number of fused-ring (bicyclic) bond motifs is 1. The molecule has 0 bridgehead atoms. The second-order valence-electron chi connectivity index (χ2n) is 8.66. The zero-order valence-corrected chi connectivity index (χ0v) is 17.7. The van der Waals surface area contributed by atoms with Gasteiger partial charge >= 0.3 is 0 Å². The van der Waals surface area contributed by atoms with Crippen LogP contribution in [0.2, 0.25) is 0 Å². The monoisotopic (exact) mass is 385 g/mol. The summed E-state index contributed by atoms with van der Waals surface area (Å²) in [6.45, 7) is 10.6. The van der Waals surface area contributed by atoms with Crippen molar-refractivity contribution in [2.24, 2.45) is 0 Å². The Labute approximate surface area is 172 Å². The van der Waals surface area contributed by atoms with Gasteiger partial charge in [-0.1, -0.05) is 26.8 Å².